The van der Waals surface area contributed by atoms with Gasteiger partial charge >= 0.3 is 0 Å². The van der Waals surface area contributed by atoms with Gasteiger partial charge in [0.25, 0.3) is 5.91 Å². The molecule has 0 fully saturated rings. The van der Waals surface area contributed by atoms with E-state index in [0.717, 1.165) is 11.3 Å². The molecule has 3 rings (SSSR count). The van der Waals surface area contributed by atoms with Crippen molar-refractivity contribution in [2.24, 2.45) is 0 Å². The Morgan fingerprint density at radius 2 is 1.85 bits per heavy atom. The fourth-order valence-electron chi connectivity index (χ4n) is 2.64. The van der Waals surface area contributed by atoms with Crippen LogP contribution in [0.15, 0.2) is 53.1 Å². The SMILES string of the molecule is COc1cccc(-c2cc(CNC(=O)c3cccc(OC)c3OC)no2)c1. The lowest BCUT2D eigenvalue weighted by Crippen LogP contribution is -2.23. The average molecular weight is 368 g/mol. The summed E-state index contributed by atoms with van der Waals surface area (Å²) in [5.74, 6) is 1.90. The lowest BCUT2D eigenvalue weighted by molar-refractivity contribution is 0.0946. The van der Waals surface area contributed by atoms with Crippen LogP contribution in [0.3, 0.4) is 0 Å². The molecule has 0 atom stereocenters. The number of aromatic nitrogens is 1. The molecule has 7 nitrogen and oxygen atoms in total. The lowest BCUT2D eigenvalue weighted by Gasteiger charge is -2.12. The monoisotopic (exact) mass is 368 g/mol. The summed E-state index contributed by atoms with van der Waals surface area (Å²) in [7, 11) is 4.62. The minimum absolute atomic E-state index is 0.215. The third-order valence-electron chi connectivity index (χ3n) is 3.99. The van der Waals surface area contributed by atoms with Crippen LogP contribution >= 0.6 is 0 Å². The summed E-state index contributed by atoms with van der Waals surface area (Å²) in [6.45, 7) is 0.215. The highest BCUT2D eigenvalue weighted by atomic mass is 16.5. The summed E-state index contributed by atoms with van der Waals surface area (Å²) >= 11 is 0. The largest absolute Gasteiger partial charge is 0.497 e. The quantitative estimate of drug-likeness (QED) is 0.689. The molecule has 0 aliphatic heterocycles. The number of nitrogens with zero attached hydrogens (tertiary/aromatic N) is 1. The van der Waals surface area contributed by atoms with Gasteiger partial charge in [-0.2, -0.15) is 0 Å². The van der Waals surface area contributed by atoms with Gasteiger partial charge in [-0.15, -0.1) is 0 Å². The van der Waals surface area contributed by atoms with Crippen LogP contribution in [0.4, 0.5) is 0 Å². The van der Waals surface area contributed by atoms with Crippen molar-refractivity contribution in [1.29, 1.82) is 0 Å². The van der Waals surface area contributed by atoms with E-state index in [-0.39, 0.29) is 12.5 Å². The first-order valence-corrected chi connectivity index (χ1v) is 8.25. The maximum Gasteiger partial charge on any atom is 0.255 e. The highest BCUT2D eigenvalue weighted by Gasteiger charge is 2.17. The second kappa shape index (κ2) is 8.27. The molecule has 140 valence electrons. The van der Waals surface area contributed by atoms with Gasteiger partial charge in [-0.3, -0.25) is 4.79 Å². The Bertz CT molecular complexity index is 936. The average Bonchev–Trinajstić information content (AvgIpc) is 3.20. The van der Waals surface area contributed by atoms with Crippen molar-refractivity contribution in [3.63, 3.8) is 0 Å². The number of benzene rings is 2. The van der Waals surface area contributed by atoms with Crippen LogP contribution in [-0.4, -0.2) is 32.4 Å². The van der Waals surface area contributed by atoms with Crippen LogP contribution in [0.5, 0.6) is 17.2 Å². The van der Waals surface area contributed by atoms with E-state index in [1.807, 2.05) is 24.3 Å². The number of hydrogen-bond acceptors (Lipinski definition) is 6. The topological polar surface area (TPSA) is 82.8 Å². The van der Waals surface area contributed by atoms with Gasteiger partial charge < -0.3 is 24.1 Å². The minimum Gasteiger partial charge on any atom is -0.497 e. The van der Waals surface area contributed by atoms with Crippen molar-refractivity contribution in [2.45, 2.75) is 6.54 Å². The molecule has 3 aromatic rings. The fraction of sp³-hybridized carbons (Fsp3) is 0.200. The number of carbonyl (C=O) groups is 1. The number of hydrogen-bond donors (Lipinski definition) is 1. The third kappa shape index (κ3) is 4.03. The molecule has 27 heavy (non-hydrogen) atoms. The summed E-state index contributed by atoms with van der Waals surface area (Å²) in [6.07, 6.45) is 0. The van der Waals surface area contributed by atoms with Gasteiger partial charge in [-0.25, -0.2) is 0 Å². The Morgan fingerprint density at radius 3 is 2.59 bits per heavy atom. The lowest BCUT2D eigenvalue weighted by atomic mass is 10.1. The van der Waals surface area contributed by atoms with Gasteiger partial charge in [0.1, 0.15) is 11.4 Å². The fourth-order valence-corrected chi connectivity index (χ4v) is 2.64. The first-order chi connectivity index (χ1) is 13.2. The van der Waals surface area contributed by atoms with Crippen molar-refractivity contribution in [1.82, 2.24) is 10.5 Å². The van der Waals surface area contributed by atoms with E-state index in [4.69, 9.17) is 18.7 Å². The number of ether oxygens (including phenoxy) is 3. The molecule has 0 bridgehead atoms. The summed E-state index contributed by atoms with van der Waals surface area (Å²) in [5.41, 5.74) is 1.82. The Labute approximate surface area is 156 Å². The molecule has 2 aromatic carbocycles. The van der Waals surface area contributed by atoms with E-state index in [2.05, 4.69) is 10.5 Å². The van der Waals surface area contributed by atoms with Crippen LogP contribution in [0, 0.1) is 0 Å². The number of nitrogens with one attached hydrogen (secondary N) is 1. The molecule has 0 unspecified atom stereocenters. The van der Waals surface area contributed by atoms with E-state index in [9.17, 15) is 4.79 Å². The number of carbonyl (C=O) groups excluding carboxylic acids is 1. The number of methoxy groups -OCH3 is 3. The Kier molecular flexibility index (Phi) is 5.61. The molecule has 0 aliphatic carbocycles. The second-order valence-corrected chi connectivity index (χ2v) is 5.64. The smallest absolute Gasteiger partial charge is 0.255 e. The Morgan fingerprint density at radius 1 is 1.04 bits per heavy atom. The van der Waals surface area contributed by atoms with Crippen molar-refractivity contribution in [2.75, 3.05) is 21.3 Å². The van der Waals surface area contributed by atoms with Gasteiger partial charge in [-0.05, 0) is 24.3 Å². The normalized spacial score (nSPS) is 10.3. The standard InChI is InChI=1S/C20H20N2O5/c1-24-15-7-4-6-13(10-15)18-11-14(22-27-18)12-21-20(23)16-8-5-9-17(25-2)19(16)26-3/h4-11H,12H2,1-3H3,(H,21,23). The number of para-hydroxylation sites is 1. The van der Waals surface area contributed by atoms with Gasteiger partial charge in [0.05, 0.1) is 33.4 Å². The maximum atomic E-state index is 12.5. The van der Waals surface area contributed by atoms with E-state index >= 15 is 0 Å². The second-order valence-electron chi connectivity index (χ2n) is 5.64. The highest BCUT2D eigenvalue weighted by Crippen LogP contribution is 2.30. The van der Waals surface area contributed by atoms with Crippen LogP contribution in [0.2, 0.25) is 0 Å². The molecule has 7 heteroatoms. The molecular formula is C20H20N2O5. The summed E-state index contributed by atoms with van der Waals surface area (Å²) in [4.78, 5) is 12.5. The molecule has 0 saturated heterocycles. The minimum atomic E-state index is -0.295. The zero-order valence-corrected chi connectivity index (χ0v) is 15.3. The van der Waals surface area contributed by atoms with E-state index in [1.54, 1.807) is 31.4 Å². The van der Waals surface area contributed by atoms with Gasteiger partial charge in [0.2, 0.25) is 0 Å². The third-order valence-corrected chi connectivity index (χ3v) is 3.99. The predicted molar refractivity (Wildman–Crippen MR) is 99.2 cm³/mol. The first kappa shape index (κ1) is 18.3. The number of rotatable bonds is 7. The zero-order chi connectivity index (χ0) is 19.2. The highest BCUT2D eigenvalue weighted by molar-refractivity contribution is 5.97. The molecule has 0 spiro atoms. The number of amides is 1. The molecular weight excluding hydrogens is 348 g/mol. The molecule has 0 aliphatic rings. The van der Waals surface area contributed by atoms with E-state index in [0.29, 0.717) is 28.5 Å². The summed E-state index contributed by atoms with van der Waals surface area (Å²) in [6, 6.07) is 14.4. The molecule has 0 radical (unpaired) electrons. The van der Waals surface area contributed by atoms with Crippen LogP contribution in [-0.2, 0) is 6.54 Å². The summed E-state index contributed by atoms with van der Waals surface area (Å²) < 4.78 is 21.1. The molecule has 1 N–H and O–H groups in total. The van der Waals surface area contributed by atoms with E-state index in [1.165, 1.54) is 14.2 Å². The molecule has 1 amide bonds. The molecule has 1 heterocycles. The zero-order valence-electron chi connectivity index (χ0n) is 15.3. The maximum absolute atomic E-state index is 12.5. The van der Waals surface area contributed by atoms with Crippen molar-refractivity contribution in [3.8, 4) is 28.6 Å². The van der Waals surface area contributed by atoms with Gasteiger partial charge in [-0.1, -0.05) is 23.4 Å². The Hall–Kier alpha value is -3.48. The van der Waals surface area contributed by atoms with Gasteiger partial charge in [0.15, 0.2) is 17.3 Å². The van der Waals surface area contributed by atoms with Crippen LogP contribution in [0.25, 0.3) is 11.3 Å². The van der Waals surface area contributed by atoms with E-state index < -0.39 is 0 Å². The summed E-state index contributed by atoms with van der Waals surface area (Å²) in [5, 5.41) is 6.81. The molecule has 0 saturated carbocycles. The van der Waals surface area contributed by atoms with Crippen LogP contribution in [0.1, 0.15) is 16.1 Å². The van der Waals surface area contributed by atoms with Gasteiger partial charge in [0, 0.05) is 11.6 Å². The predicted octanol–water partition coefficient (Wildman–Crippen LogP) is 3.30. The van der Waals surface area contributed by atoms with Crippen molar-refractivity contribution in [3.05, 3.63) is 59.8 Å². The molecule has 1 aromatic heterocycles. The van der Waals surface area contributed by atoms with Crippen LogP contribution < -0.4 is 19.5 Å². The Balaban J connectivity index is 1.71. The van der Waals surface area contributed by atoms with Crippen molar-refractivity contribution < 1.29 is 23.5 Å². The first-order valence-electron chi connectivity index (χ1n) is 8.25. The van der Waals surface area contributed by atoms with Crippen molar-refractivity contribution >= 4 is 5.91 Å².